The number of amides is 2. The molecule has 2 amide bonds. The van der Waals surface area contributed by atoms with E-state index in [-0.39, 0.29) is 17.4 Å². The number of hydrogen-bond acceptors (Lipinski definition) is 8. The lowest BCUT2D eigenvalue weighted by atomic mass is 10.2. The van der Waals surface area contributed by atoms with Crippen LogP contribution in [0.3, 0.4) is 0 Å². The van der Waals surface area contributed by atoms with Gasteiger partial charge in [-0.1, -0.05) is 0 Å². The normalized spacial score (nSPS) is 14.2. The van der Waals surface area contributed by atoms with Crippen molar-refractivity contribution >= 4 is 24.0 Å². The summed E-state index contributed by atoms with van der Waals surface area (Å²) >= 11 is 0. The summed E-state index contributed by atoms with van der Waals surface area (Å²) in [7, 11) is 1.18. The smallest absolute Gasteiger partial charge is 0.425 e. The molecule has 9 heteroatoms. The predicted molar refractivity (Wildman–Crippen MR) is 100 cm³/mol. The van der Waals surface area contributed by atoms with Crippen LogP contribution in [-0.2, 0) is 14.2 Å². The van der Waals surface area contributed by atoms with Gasteiger partial charge in [0.1, 0.15) is 11.2 Å². The maximum absolute atomic E-state index is 12.8. The highest BCUT2D eigenvalue weighted by Crippen LogP contribution is 2.39. The molecule has 2 rings (SSSR count). The Balaban J connectivity index is 2.53. The lowest BCUT2D eigenvalue weighted by Gasteiger charge is -2.28. The number of carbonyl (C=O) groups is 3. The number of aromatic nitrogens is 2. The van der Waals surface area contributed by atoms with E-state index < -0.39 is 29.4 Å². The van der Waals surface area contributed by atoms with Crippen LogP contribution in [0, 0.1) is 0 Å². The van der Waals surface area contributed by atoms with E-state index in [9.17, 15) is 14.4 Å². The van der Waals surface area contributed by atoms with Crippen molar-refractivity contribution in [1.29, 1.82) is 0 Å². The summed E-state index contributed by atoms with van der Waals surface area (Å²) in [6.07, 6.45) is 1.27. The Hall–Kier alpha value is -2.71. The predicted octanol–water partition coefficient (Wildman–Crippen LogP) is 3.82. The van der Waals surface area contributed by atoms with E-state index in [1.165, 1.54) is 13.3 Å². The van der Waals surface area contributed by atoms with Crippen LogP contribution in [0.1, 0.15) is 76.5 Å². The SMILES string of the molecule is COC(=O)c1nc(C2CC2)cnc1N(C(=O)OC(C)(C)C)C(=O)OC(C)(C)C. The van der Waals surface area contributed by atoms with Gasteiger partial charge < -0.3 is 14.2 Å². The summed E-state index contributed by atoms with van der Waals surface area (Å²) in [4.78, 5) is 46.9. The van der Waals surface area contributed by atoms with Crippen molar-refractivity contribution in [2.75, 3.05) is 12.0 Å². The molecule has 0 atom stereocenters. The van der Waals surface area contributed by atoms with Crippen molar-refractivity contribution in [3.05, 3.63) is 17.6 Å². The first-order valence-corrected chi connectivity index (χ1v) is 9.03. The van der Waals surface area contributed by atoms with E-state index >= 15 is 0 Å². The summed E-state index contributed by atoms with van der Waals surface area (Å²) < 4.78 is 15.4. The van der Waals surface area contributed by atoms with Crippen LogP contribution in [0.2, 0.25) is 0 Å². The minimum atomic E-state index is -1.03. The van der Waals surface area contributed by atoms with Gasteiger partial charge in [0.05, 0.1) is 19.0 Å². The van der Waals surface area contributed by atoms with Gasteiger partial charge in [-0.3, -0.25) is 0 Å². The molecule has 0 N–H and O–H groups in total. The van der Waals surface area contributed by atoms with Crippen molar-refractivity contribution in [3.8, 4) is 0 Å². The fourth-order valence-electron chi connectivity index (χ4n) is 2.23. The van der Waals surface area contributed by atoms with E-state index in [2.05, 4.69) is 9.97 Å². The number of nitrogens with zero attached hydrogens (tertiary/aromatic N) is 3. The zero-order valence-electron chi connectivity index (χ0n) is 17.4. The van der Waals surface area contributed by atoms with Crippen LogP contribution < -0.4 is 4.90 Å². The summed E-state index contributed by atoms with van der Waals surface area (Å²) in [6, 6.07) is 0. The Morgan fingerprint density at radius 3 is 1.89 bits per heavy atom. The largest absolute Gasteiger partial charge is 0.464 e. The fraction of sp³-hybridized carbons (Fsp3) is 0.632. The second-order valence-corrected chi connectivity index (χ2v) is 8.53. The molecular weight excluding hydrogens is 366 g/mol. The monoisotopic (exact) mass is 393 g/mol. The van der Waals surface area contributed by atoms with Crippen LogP contribution in [0.5, 0.6) is 0 Å². The molecule has 1 aliphatic carbocycles. The van der Waals surface area contributed by atoms with Crippen LogP contribution in [0.25, 0.3) is 0 Å². The van der Waals surface area contributed by atoms with Crippen molar-refractivity contribution in [1.82, 2.24) is 9.97 Å². The average molecular weight is 393 g/mol. The summed E-state index contributed by atoms with van der Waals surface area (Å²) in [6.45, 7) is 9.92. The van der Waals surface area contributed by atoms with E-state index in [0.29, 0.717) is 10.6 Å². The second-order valence-electron chi connectivity index (χ2n) is 8.53. The van der Waals surface area contributed by atoms with Crippen LogP contribution in [0.4, 0.5) is 15.4 Å². The third-order valence-corrected chi connectivity index (χ3v) is 3.51. The molecule has 0 unspecified atom stereocenters. The van der Waals surface area contributed by atoms with Crippen molar-refractivity contribution in [3.63, 3.8) is 0 Å². The molecule has 0 spiro atoms. The molecule has 1 saturated carbocycles. The number of anilines is 1. The molecule has 0 saturated heterocycles. The number of hydrogen-bond donors (Lipinski definition) is 0. The van der Waals surface area contributed by atoms with Gasteiger partial charge in [-0.2, -0.15) is 4.90 Å². The summed E-state index contributed by atoms with van der Waals surface area (Å²) in [5, 5.41) is 0. The molecular formula is C19H27N3O6. The molecule has 1 fully saturated rings. The molecule has 28 heavy (non-hydrogen) atoms. The summed E-state index contributed by atoms with van der Waals surface area (Å²) in [5.41, 5.74) is -1.41. The highest BCUT2D eigenvalue weighted by atomic mass is 16.6. The molecule has 9 nitrogen and oxygen atoms in total. The zero-order chi connectivity index (χ0) is 21.3. The molecule has 1 heterocycles. The molecule has 0 radical (unpaired) electrons. The van der Waals surface area contributed by atoms with Gasteiger partial charge in [0.2, 0.25) is 0 Å². The van der Waals surface area contributed by atoms with Crippen molar-refractivity contribution in [2.45, 2.75) is 71.5 Å². The van der Waals surface area contributed by atoms with Crippen molar-refractivity contribution < 1.29 is 28.6 Å². The highest BCUT2D eigenvalue weighted by molar-refractivity contribution is 6.11. The second kappa shape index (κ2) is 7.73. The first-order chi connectivity index (χ1) is 12.8. The lowest BCUT2D eigenvalue weighted by molar-refractivity contribution is 0.0428. The Morgan fingerprint density at radius 1 is 1.00 bits per heavy atom. The van der Waals surface area contributed by atoms with E-state index in [4.69, 9.17) is 14.2 Å². The number of ether oxygens (including phenoxy) is 3. The third kappa shape index (κ3) is 5.64. The van der Waals surface area contributed by atoms with Gasteiger partial charge in [-0.05, 0) is 54.4 Å². The Morgan fingerprint density at radius 2 is 1.50 bits per heavy atom. The topological polar surface area (TPSA) is 108 Å². The Kier molecular flexibility index (Phi) is 5.96. The van der Waals surface area contributed by atoms with Gasteiger partial charge in [0, 0.05) is 5.92 Å². The first kappa shape index (κ1) is 21.6. The van der Waals surface area contributed by atoms with Gasteiger partial charge in [0.25, 0.3) is 0 Å². The number of methoxy groups -OCH3 is 1. The Labute approximate surface area is 164 Å². The third-order valence-electron chi connectivity index (χ3n) is 3.51. The maximum atomic E-state index is 12.8. The average Bonchev–Trinajstić information content (AvgIpc) is 3.36. The van der Waals surface area contributed by atoms with E-state index in [1.54, 1.807) is 41.5 Å². The minimum Gasteiger partial charge on any atom is -0.464 e. The van der Waals surface area contributed by atoms with Gasteiger partial charge in [-0.25, -0.2) is 24.4 Å². The molecule has 0 aromatic carbocycles. The number of rotatable bonds is 3. The standard InChI is InChI=1S/C19H27N3O6/c1-18(2,3)27-16(24)22(17(25)28-19(4,5)6)14-13(15(23)26-7)21-12(10-20-14)11-8-9-11/h10-11H,8-9H2,1-7H3. The number of esters is 1. The van der Waals surface area contributed by atoms with Crippen LogP contribution >= 0.6 is 0 Å². The quantitative estimate of drug-likeness (QED) is 0.563. The van der Waals surface area contributed by atoms with Gasteiger partial charge >= 0.3 is 18.2 Å². The Bertz CT molecular complexity index is 747. The number of imide groups is 1. The molecule has 1 aromatic rings. The van der Waals surface area contributed by atoms with Crippen LogP contribution in [-0.4, -0.2) is 46.4 Å². The number of carbonyl (C=O) groups excluding carboxylic acids is 3. The van der Waals surface area contributed by atoms with Gasteiger partial charge in [0.15, 0.2) is 11.5 Å². The van der Waals surface area contributed by atoms with E-state index in [0.717, 1.165) is 12.8 Å². The van der Waals surface area contributed by atoms with Crippen molar-refractivity contribution in [2.24, 2.45) is 0 Å². The van der Waals surface area contributed by atoms with E-state index in [1.807, 2.05) is 0 Å². The molecule has 0 bridgehead atoms. The lowest BCUT2D eigenvalue weighted by Crippen LogP contribution is -2.45. The van der Waals surface area contributed by atoms with Gasteiger partial charge in [-0.15, -0.1) is 0 Å². The summed E-state index contributed by atoms with van der Waals surface area (Å²) in [5.74, 6) is -0.900. The fourth-order valence-corrected chi connectivity index (χ4v) is 2.23. The highest BCUT2D eigenvalue weighted by Gasteiger charge is 2.38. The molecule has 1 aromatic heterocycles. The van der Waals surface area contributed by atoms with Crippen LogP contribution in [0.15, 0.2) is 6.20 Å². The minimum absolute atomic E-state index is 0.210. The molecule has 154 valence electrons. The molecule has 1 aliphatic rings. The zero-order valence-corrected chi connectivity index (χ0v) is 17.4. The maximum Gasteiger partial charge on any atom is 0.425 e. The molecule has 0 aliphatic heterocycles. The first-order valence-electron chi connectivity index (χ1n) is 9.03.